The fourth-order valence-corrected chi connectivity index (χ4v) is 0.214. The van der Waals surface area contributed by atoms with Crippen LogP contribution in [0.4, 0.5) is 0 Å². The maximum atomic E-state index is 3.80. The highest BCUT2D eigenvalue weighted by molar-refractivity contribution is 5.05. The Hall–Kier alpha value is -0.770. The zero-order valence-corrected chi connectivity index (χ0v) is 4.86. The first-order valence-electron chi connectivity index (χ1n) is 2.36. The molecule has 0 aliphatic rings. The zero-order valence-electron chi connectivity index (χ0n) is 4.86. The van der Waals surface area contributed by atoms with E-state index in [-0.39, 0.29) is 0 Å². The van der Waals surface area contributed by atoms with Gasteiger partial charge in [-0.05, 0) is 18.3 Å². The molecule has 0 aromatic heterocycles. The summed E-state index contributed by atoms with van der Waals surface area (Å²) in [5.41, 5.74) is 0.821. The van der Waals surface area contributed by atoms with Crippen LogP contribution in [-0.4, -0.2) is 0 Å². The van der Waals surface area contributed by atoms with Crippen molar-refractivity contribution >= 4 is 0 Å². The predicted molar refractivity (Wildman–Crippen MR) is 32.4 cm³/mol. The molecule has 0 aliphatic heterocycles. The topological polar surface area (TPSA) is 4.36 Å². The summed E-state index contributed by atoms with van der Waals surface area (Å²) < 4.78 is 0. The summed E-state index contributed by atoms with van der Waals surface area (Å²) in [6, 6.07) is 2.77. The smallest absolute Gasteiger partial charge is 0.0480 e. The van der Waals surface area contributed by atoms with Crippen molar-refractivity contribution in [2.24, 2.45) is 0 Å². The van der Waals surface area contributed by atoms with Crippen molar-refractivity contribution in [3.05, 3.63) is 17.1 Å². The van der Waals surface area contributed by atoms with Gasteiger partial charge in [-0.25, -0.2) is 0 Å². The minimum Gasteiger partial charge on any atom is -0.0480 e. The lowest BCUT2D eigenvalue weighted by atomic mass is 10.5. The Bertz CT molecular complexity index is 114. The highest BCUT2D eigenvalue weighted by Gasteiger charge is 1.84. The molecule has 0 atom stereocenters. The first-order valence-corrected chi connectivity index (χ1v) is 2.36. The van der Waals surface area contributed by atoms with Crippen molar-refractivity contribution < 1.29 is 0 Å². The highest BCUT2D eigenvalue weighted by Crippen LogP contribution is 1.86. The van der Waals surface area contributed by atoms with Crippen LogP contribution in [0, 0.1) is 6.07 Å². The van der Waals surface area contributed by atoms with E-state index in [0.717, 1.165) is 12.1 Å². The number of hydrogen-bond donors (Lipinski definition) is 0. The van der Waals surface area contributed by atoms with Crippen molar-refractivity contribution in [2.75, 3.05) is 0 Å². The number of hydrogen-bond acceptors (Lipinski definition) is 0. The normalized spacial score (nSPS) is 6.57. The van der Waals surface area contributed by atoms with Gasteiger partial charge in [-0.3, -0.25) is 0 Å². The molecule has 38 valence electrons. The number of allylic oxidation sites excluding steroid dienone is 1. The van der Waals surface area contributed by atoms with Gasteiger partial charge in [0, 0.05) is 6.92 Å². The lowest BCUT2D eigenvalue weighted by molar-refractivity contribution is 1.27. The second-order valence-electron chi connectivity index (χ2n) is 1.36. The lowest BCUT2D eigenvalue weighted by Gasteiger charge is -1.55. The van der Waals surface area contributed by atoms with Crippen molar-refractivity contribution in [1.82, 2.24) is 0 Å². The van der Waals surface area contributed by atoms with Crippen LogP contribution in [0.25, 0.3) is 4.85 Å². The van der Waals surface area contributed by atoms with E-state index in [4.69, 9.17) is 0 Å². The molecular formula is C6H10N+. The molecule has 1 nitrogen and oxygen atoms in total. The van der Waals surface area contributed by atoms with Gasteiger partial charge in [-0.2, -0.15) is 0 Å². The quantitative estimate of drug-likeness (QED) is 0.435. The summed E-state index contributed by atoms with van der Waals surface area (Å²) in [6.45, 7) is 7.41. The molecular weight excluding hydrogens is 86.1 g/mol. The summed E-state index contributed by atoms with van der Waals surface area (Å²) in [4.78, 5) is 3.80. The largest absolute Gasteiger partial charge is 0.306 e. The number of nitrogens with zero attached hydrogens (tertiary/aromatic N) is 1. The molecule has 0 rings (SSSR count). The van der Waals surface area contributed by atoms with Gasteiger partial charge in [-0.1, -0.05) is 0 Å². The molecule has 1 heteroatoms. The summed E-state index contributed by atoms with van der Waals surface area (Å²) in [7, 11) is 0. The fourth-order valence-electron chi connectivity index (χ4n) is 0.214. The summed E-state index contributed by atoms with van der Waals surface area (Å²) >= 11 is 0. The molecule has 0 unspecified atom stereocenters. The maximum absolute atomic E-state index is 3.80. The molecule has 0 aromatic carbocycles. The average Bonchev–Trinajstić information content (AvgIpc) is 1.61. The first-order chi connectivity index (χ1) is 3.27. The van der Waals surface area contributed by atoms with E-state index in [9.17, 15) is 0 Å². The molecule has 0 aliphatic carbocycles. The van der Waals surface area contributed by atoms with Gasteiger partial charge in [0.2, 0.25) is 0 Å². The molecule has 0 saturated carbocycles. The lowest BCUT2D eigenvalue weighted by Crippen LogP contribution is -1.53. The third-order valence-corrected chi connectivity index (χ3v) is 0.428. The molecule has 0 fully saturated rings. The van der Waals surface area contributed by atoms with Crippen LogP contribution >= 0.6 is 0 Å². The summed E-state index contributed by atoms with van der Waals surface area (Å²) in [5, 5.41) is 0. The van der Waals surface area contributed by atoms with E-state index >= 15 is 0 Å². The van der Waals surface area contributed by atoms with E-state index in [2.05, 4.69) is 17.5 Å². The van der Waals surface area contributed by atoms with Crippen LogP contribution in [0.15, 0.2) is 12.3 Å². The SMILES string of the molecule is C=C(C)[N+]#CCC. The van der Waals surface area contributed by atoms with E-state index < -0.39 is 0 Å². The van der Waals surface area contributed by atoms with Crippen molar-refractivity contribution in [3.63, 3.8) is 0 Å². The van der Waals surface area contributed by atoms with Gasteiger partial charge in [0.25, 0.3) is 6.07 Å². The van der Waals surface area contributed by atoms with E-state index in [0.29, 0.717) is 0 Å². The molecule has 0 spiro atoms. The Balaban J connectivity index is 3.45. The van der Waals surface area contributed by atoms with Gasteiger partial charge in [0.1, 0.15) is 0 Å². The molecule has 0 aromatic rings. The third kappa shape index (κ3) is 5.23. The van der Waals surface area contributed by atoms with Crippen LogP contribution in [0.3, 0.4) is 0 Å². The molecule has 0 bridgehead atoms. The van der Waals surface area contributed by atoms with Gasteiger partial charge in [0.15, 0.2) is 0 Å². The van der Waals surface area contributed by atoms with Gasteiger partial charge >= 0.3 is 5.70 Å². The Morgan fingerprint density at radius 1 is 1.86 bits per heavy atom. The van der Waals surface area contributed by atoms with Crippen molar-refractivity contribution in [1.29, 1.82) is 0 Å². The predicted octanol–water partition coefficient (Wildman–Crippen LogP) is 2.26. The molecule has 0 N–H and O–H groups in total. The molecule has 0 saturated heterocycles. The van der Waals surface area contributed by atoms with Gasteiger partial charge in [-0.15, -0.1) is 0 Å². The molecule has 0 radical (unpaired) electrons. The Morgan fingerprint density at radius 3 is 2.57 bits per heavy atom. The van der Waals surface area contributed by atoms with Crippen LogP contribution in [-0.2, 0) is 0 Å². The van der Waals surface area contributed by atoms with E-state index in [1.165, 1.54) is 0 Å². The third-order valence-electron chi connectivity index (χ3n) is 0.428. The van der Waals surface area contributed by atoms with Crippen molar-refractivity contribution in [2.45, 2.75) is 20.3 Å². The molecule has 7 heavy (non-hydrogen) atoms. The van der Waals surface area contributed by atoms with Crippen LogP contribution in [0.2, 0.25) is 0 Å². The standard InChI is InChI=1S/C6H10N/c1-4-5-7-6(2)3/h2,4H2,1,3H3/q+1. The Labute approximate surface area is 44.5 Å². The van der Waals surface area contributed by atoms with Crippen molar-refractivity contribution in [3.8, 4) is 6.07 Å². The van der Waals surface area contributed by atoms with Gasteiger partial charge < -0.3 is 0 Å². The fraction of sp³-hybridized carbons (Fsp3) is 0.500. The minimum absolute atomic E-state index is 0.821. The Morgan fingerprint density at radius 2 is 2.43 bits per heavy atom. The van der Waals surface area contributed by atoms with Gasteiger partial charge in [0.05, 0.1) is 6.42 Å². The average molecular weight is 96.2 g/mol. The second-order valence-corrected chi connectivity index (χ2v) is 1.36. The van der Waals surface area contributed by atoms with Crippen LogP contribution < -0.4 is 0 Å². The summed E-state index contributed by atoms with van der Waals surface area (Å²) in [5.74, 6) is 0. The van der Waals surface area contributed by atoms with E-state index in [1.54, 1.807) is 0 Å². The molecule has 0 amide bonds. The summed E-state index contributed by atoms with van der Waals surface area (Å²) in [6.07, 6.45) is 0.868. The van der Waals surface area contributed by atoms with Crippen LogP contribution in [0.5, 0.6) is 0 Å². The van der Waals surface area contributed by atoms with Crippen LogP contribution in [0.1, 0.15) is 20.3 Å². The minimum atomic E-state index is 0.821. The Kier molecular flexibility index (Phi) is 3.04. The number of rotatable bonds is 0. The second kappa shape index (κ2) is 3.42. The molecule has 0 heterocycles. The zero-order chi connectivity index (χ0) is 5.70. The first kappa shape index (κ1) is 6.23. The monoisotopic (exact) mass is 96.1 g/mol. The maximum Gasteiger partial charge on any atom is 0.306 e. The van der Waals surface area contributed by atoms with E-state index in [1.807, 2.05) is 13.8 Å². The highest BCUT2D eigenvalue weighted by atomic mass is 14.6.